The molecule has 0 radical (unpaired) electrons. The molecule has 0 saturated carbocycles. The molecule has 1 N–H and O–H groups in total. The Morgan fingerprint density at radius 3 is 2.71 bits per heavy atom. The molecule has 5 nitrogen and oxygen atoms in total. The van der Waals surface area contributed by atoms with Gasteiger partial charge in [0.25, 0.3) is 0 Å². The van der Waals surface area contributed by atoms with E-state index in [1.54, 1.807) is 9.80 Å². The predicted octanol–water partition coefficient (Wildman–Crippen LogP) is 2.74. The first-order valence-corrected chi connectivity index (χ1v) is 8.36. The van der Waals surface area contributed by atoms with E-state index in [0.29, 0.717) is 19.5 Å². The van der Waals surface area contributed by atoms with Crippen LogP contribution < -0.4 is 4.90 Å². The van der Waals surface area contributed by atoms with Gasteiger partial charge in [-0.1, -0.05) is 36.4 Å². The molecule has 1 aliphatic heterocycles. The highest BCUT2D eigenvalue weighted by atomic mass is 16.4. The quantitative estimate of drug-likeness (QED) is 0.918. The molecule has 1 saturated heterocycles. The number of benzene rings is 2. The Hall–Kier alpha value is -2.40. The zero-order valence-corrected chi connectivity index (χ0v) is 13.8. The molecule has 2 aromatic carbocycles. The van der Waals surface area contributed by atoms with Gasteiger partial charge in [-0.25, -0.2) is 0 Å². The lowest BCUT2D eigenvalue weighted by atomic mass is 10.1. The Balaban J connectivity index is 1.85. The van der Waals surface area contributed by atoms with E-state index in [2.05, 4.69) is 0 Å². The van der Waals surface area contributed by atoms with Gasteiger partial charge in [0, 0.05) is 11.9 Å². The summed E-state index contributed by atoms with van der Waals surface area (Å²) in [5.74, 6) is -0.893. The lowest BCUT2D eigenvalue weighted by Gasteiger charge is -2.27. The second-order valence-electron chi connectivity index (χ2n) is 6.10. The summed E-state index contributed by atoms with van der Waals surface area (Å²) in [7, 11) is 0. The van der Waals surface area contributed by atoms with Crippen molar-refractivity contribution < 1.29 is 14.7 Å². The van der Waals surface area contributed by atoms with Crippen LogP contribution in [0.1, 0.15) is 19.8 Å². The average molecular weight is 326 g/mol. The maximum Gasteiger partial charge on any atom is 0.320 e. The zero-order valence-electron chi connectivity index (χ0n) is 13.8. The molecule has 1 heterocycles. The number of carbonyl (C=O) groups is 2. The molecule has 0 unspecified atom stereocenters. The van der Waals surface area contributed by atoms with Gasteiger partial charge in [0.1, 0.15) is 6.04 Å². The smallest absolute Gasteiger partial charge is 0.320 e. The third-order valence-corrected chi connectivity index (χ3v) is 4.66. The number of carboxylic acids is 1. The molecule has 2 aromatic rings. The summed E-state index contributed by atoms with van der Waals surface area (Å²) in [5.41, 5.74) is 0.881. The van der Waals surface area contributed by atoms with Crippen molar-refractivity contribution >= 4 is 28.3 Å². The molecule has 1 fully saturated rings. The maximum atomic E-state index is 12.8. The van der Waals surface area contributed by atoms with E-state index in [1.165, 1.54) is 0 Å². The molecular formula is C19H22N2O3. The Morgan fingerprint density at radius 1 is 1.21 bits per heavy atom. The SMILES string of the molecule is CCN(C(=O)CN1CCC[C@H]1C(=O)O)c1cccc2ccccc12. The lowest BCUT2D eigenvalue weighted by molar-refractivity contribution is -0.142. The first kappa shape index (κ1) is 16.5. The van der Waals surface area contributed by atoms with Gasteiger partial charge in [-0.2, -0.15) is 0 Å². The number of hydrogen-bond acceptors (Lipinski definition) is 3. The largest absolute Gasteiger partial charge is 0.480 e. The van der Waals surface area contributed by atoms with Crippen LogP contribution in [0, 0.1) is 0 Å². The van der Waals surface area contributed by atoms with Crippen LogP contribution in [0.3, 0.4) is 0 Å². The second-order valence-corrected chi connectivity index (χ2v) is 6.10. The summed E-state index contributed by atoms with van der Waals surface area (Å²) >= 11 is 0. The minimum absolute atomic E-state index is 0.0537. The number of hydrogen-bond donors (Lipinski definition) is 1. The van der Waals surface area contributed by atoms with Crippen molar-refractivity contribution in [2.75, 3.05) is 24.5 Å². The number of anilines is 1. The molecule has 1 amide bonds. The number of fused-ring (bicyclic) bond motifs is 1. The molecule has 5 heteroatoms. The molecule has 1 atom stereocenters. The van der Waals surface area contributed by atoms with E-state index in [4.69, 9.17) is 0 Å². The van der Waals surface area contributed by atoms with E-state index in [9.17, 15) is 14.7 Å². The van der Waals surface area contributed by atoms with Crippen LogP contribution in [0.4, 0.5) is 5.69 Å². The minimum atomic E-state index is -0.839. The number of nitrogens with zero attached hydrogens (tertiary/aromatic N) is 2. The molecule has 0 spiro atoms. The van der Waals surface area contributed by atoms with Gasteiger partial charge in [0.15, 0.2) is 0 Å². The summed E-state index contributed by atoms with van der Waals surface area (Å²) in [5, 5.41) is 11.4. The fourth-order valence-electron chi connectivity index (χ4n) is 3.48. The van der Waals surface area contributed by atoms with E-state index in [1.807, 2.05) is 49.4 Å². The number of aliphatic carboxylic acids is 1. The fraction of sp³-hybridized carbons (Fsp3) is 0.368. The molecule has 0 bridgehead atoms. The standard InChI is InChI=1S/C19H22N2O3/c1-2-21(16-10-5-8-14-7-3-4-9-15(14)16)18(22)13-20-12-6-11-17(20)19(23)24/h3-5,7-10,17H,2,6,11-13H2,1H3,(H,23,24)/t17-/m0/s1. The number of rotatable bonds is 5. The van der Waals surface area contributed by atoms with Crippen molar-refractivity contribution in [3.05, 3.63) is 42.5 Å². The molecule has 0 aromatic heterocycles. The topological polar surface area (TPSA) is 60.9 Å². The third-order valence-electron chi connectivity index (χ3n) is 4.66. The van der Waals surface area contributed by atoms with Crippen LogP contribution in [0.5, 0.6) is 0 Å². The van der Waals surface area contributed by atoms with E-state index in [-0.39, 0.29) is 12.5 Å². The molecular weight excluding hydrogens is 304 g/mol. The highest BCUT2D eigenvalue weighted by molar-refractivity contribution is 6.04. The van der Waals surface area contributed by atoms with Gasteiger partial charge in [-0.05, 0) is 37.8 Å². The number of carboxylic acid groups (broad SMARTS) is 1. The summed E-state index contributed by atoms with van der Waals surface area (Å²) in [6, 6.07) is 13.4. The normalized spacial score (nSPS) is 18.0. The van der Waals surface area contributed by atoms with Gasteiger partial charge in [0.2, 0.25) is 5.91 Å². The van der Waals surface area contributed by atoms with Crippen molar-refractivity contribution in [1.29, 1.82) is 0 Å². The Labute approximate surface area is 141 Å². The monoisotopic (exact) mass is 326 g/mol. The van der Waals surface area contributed by atoms with Gasteiger partial charge >= 0.3 is 5.97 Å². The maximum absolute atomic E-state index is 12.8. The first-order chi connectivity index (χ1) is 11.6. The first-order valence-electron chi connectivity index (χ1n) is 8.36. The second kappa shape index (κ2) is 7.01. The van der Waals surface area contributed by atoms with Crippen LogP contribution in [-0.4, -0.2) is 47.6 Å². The molecule has 0 aliphatic carbocycles. The van der Waals surface area contributed by atoms with Gasteiger partial charge in [-0.3, -0.25) is 14.5 Å². The molecule has 1 aliphatic rings. The third kappa shape index (κ3) is 3.12. The van der Waals surface area contributed by atoms with Crippen molar-refractivity contribution in [2.24, 2.45) is 0 Å². The summed E-state index contributed by atoms with van der Waals surface area (Å²) in [4.78, 5) is 27.7. The van der Waals surface area contributed by atoms with Crippen LogP contribution in [0.2, 0.25) is 0 Å². The predicted molar refractivity (Wildman–Crippen MR) is 94.2 cm³/mol. The van der Waals surface area contributed by atoms with E-state index >= 15 is 0 Å². The van der Waals surface area contributed by atoms with E-state index < -0.39 is 12.0 Å². The summed E-state index contributed by atoms with van der Waals surface area (Å²) in [6.45, 7) is 3.31. The number of amides is 1. The van der Waals surface area contributed by atoms with Crippen molar-refractivity contribution in [1.82, 2.24) is 4.90 Å². The lowest BCUT2D eigenvalue weighted by Crippen LogP contribution is -2.44. The minimum Gasteiger partial charge on any atom is -0.480 e. The van der Waals surface area contributed by atoms with Crippen molar-refractivity contribution in [3.8, 4) is 0 Å². The molecule has 24 heavy (non-hydrogen) atoms. The molecule has 126 valence electrons. The van der Waals surface area contributed by atoms with Crippen LogP contribution in [-0.2, 0) is 9.59 Å². The van der Waals surface area contributed by atoms with Gasteiger partial charge in [-0.15, -0.1) is 0 Å². The number of likely N-dealkylation sites (N-methyl/N-ethyl adjacent to an activating group) is 1. The summed E-state index contributed by atoms with van der Waals surface area (Å²) in [6.07, 6.45) is 1.44. The average Bonchev–Trinajstić information content (AvgIpc) is 3.04. The number of likely N-dealkylation sites (tertiary alicyclic amines) is 1. The van der Waals surface area contributed by atoms with Crippen LogP contribution in [0.25, 0.3) is 10.8 Å². The van der Waals surface area contributed by atoms with Crippen molar-refractivity contribution in [3.63, 3.8) is 0 Å². The van der Waals surface area contributed by atoms with Gasteiger partial charge in [0.05, 0.1) is 12.2 Å². The number of carbonyl (C=O) groups excluding carboxylic acids is 1. The Bertz CT molecular complexity index is 754. The Kier molecular flexibility index (Phi) is 4.81. The summed E-state index contributed by atoms with van der Waals surface area (Å²) < 4.78 is 0. The van der Waals surface area contributed by atoms with Crippen LogP contribution >= 0.6 is 0 Å². The fourth-order valence-corrected chi connectivity index (χ4v) is 3.48. The van der Waals surface area contributed by atoms with Crippen LogP contribution in [0.15, 0.2) is 42.5 Å². The zero-order chi connectivity index (χ0) is 17.1. The highest BCUT2D eigenvalue weighted by Gasteiger charge is 2.32. The Morgan fingerprint density at radius 2 is 1.96 bits per heavy atom. The van der Waals surface area contributed by atoms with Gasteiger partial charge < -0.3 is 10.0 Å². The molecule has 3 rings (SSSR count). The van der Waals surface area contributed by atoms with Crippen molar-refractivity contribution in [2.45, 2.75) is 25.8 Å². The van der Waals surface area contributed by atoms with E-state index in [0.717, 1.165) is 22.9 Å². The highest BCUT2D eigenvalue weighted by Crippen LogP contribution is 2.27.